The van der Waals surface area contributed by atoms with Crippen molar-refractivity contribution >= 4 is 11.6 Å². The Morgan fingerprint density at radius 2 is 1.90 bits per heavy atom. The van der Waals surface area contributed by atoms with Crippen molar-refractivity contribution in [2.45, 2.75) is 45.6 Å². The standard InChI is InChI=1S/C22H30N6O/c1-15(2)19-13-24-28-20(19)26-22(29-14-17-9-11-23-12-10-17)27-21(28)25-16(3)18-7-5-4-6-8-18/h4-8,13,15-17,23H,9-12,14H2,1-3H3,(H,25,26,27)/t16-/m0/s1. The van der Waals surface area contributed by atoms with Gasteiger partial charge in [-0.05, 0) is 50.3 Å². The van der Waals surface area contributed by atoms with Gasteiger partial charge in [0.1, 0.15) is 0 Å². The van der Waals surface area contributed by atoms with Gasteiger partial charge in [0.15, 0.2) is 5.65 Å². The molecule has 0 aliphatic carbocycles. The normalized spacial score (nSPS) is 16.3. The molecule has 0 spiro atoms. The summed E-state index contributed by atoms with van der Waals surface area (Å²) in [6, 6.07) is 10.8. The van der Waals surface area contributed by atoms with Crippen LogP contribution in [0, 0.1) is 5.92 Å². The lowest BCUT2D eigenvalue weighted by atomic mass is 9.99. The minimum atomic E-state index is 0.0817. The van der Waals surface area contributed by atoms with Crippen LogP contribution in [0.15, 0.2) is 36.5 Å². The lowest BCUT2D eigenvalue weighted by Crippen LogP contribution is -2.30. The van der Waals surface area contributed by atoms with Gasteiger partial charge in [-0.3, -0.25) is 0 Å². The van der Waals surface area contributed by atoms with Crippen molar-refractivity contribution < 1.29 is 4.74 Å². The van der Waals surface area contributed by atoms with Crippen LogP contribution in [0.1, 0.15) is 56.7 Å². The minimum Gasteiger partial charge on any atom is -0.463 e. The number of aromatic nitrogens is 4. The zero-order chi connectivity index (χ0) is 20.2. The van der Waals surface area contributed by atoms with E-state index >= 15 is 0 Å². The second-order valence-electron chi connectivity index (χ2n) is 8.10. The van der Waals surface area contributed by atoms with E-state index in [1.165, 1.54) is 5.56 Å². The van der Waals surface area contributed by atoms with Gasteiger partial charge >= 0.3 is 6.01 Å². The highest BCUT2D eigenvalue weighted by atomic mass is 16.5. The Hall–Kier alpha value is -2.67. The van der Waals surface area contributed by atoms with E-state index in [0.29, 0.717) is 30.4 Å². The first-order chi connectivity index (χ1) is 14.1. The van der Waals surface area contributed by atoms with Gasteiger partial charge in [0.25, 0.3) is 0 Å². The molecule has 0 radical (unpaired) electrons. The maximum Gasteiger partial charge on any atom is 0.321 e. The molecule has 1 fully saturated rings. The van der Waals surface area contributed by atoms with Gasteiger partial charge in [-0.15, -0.1) is 0 Å². The Kier molecular flexibility index (Phi) is 5.94. The largest absolute Gasteiger partial charge is 0.463 e. The third-order valence-corrected chi connectivity index (χ3v) is 5.55. The van der Waals surface area contributed by atoms with Crippen molar-refractivity contribution in [2.75, 3.05) is 25.0 Å². The van der Waals surface area contributed by atoms with Gasteiger partial charge in [-0.25, -0.2) is 0 Å². The number of piperidine rings is 1. The zero-order valence-electron chi connectivity index (χ0n) is 17.4. The van der Waals surface area contributed by atoms with E-state index in [9.17, 15) is 0 Å². The monoisotopic (exact) mass is 394 g/mol. The van der Waals surface area contributed by atoms with Crippen LogP contribution in [0.2, 0.25) is 0 Å². The zero-order valence-corrected chi connectivity index (χ0v) is 17.4. The van der Waals surface area contributed by atoms with Crippen molar-refractivity contribution in [3.05, 3.63) is 47.7 Å². The highest BCUT2D eigenvalue weighted by Crippen LogP contribution is 2.25. The fourth-order valence-electron chi connectivity index (χ4n) is 3.70. The van der Waals surface area contributed by atoms with E-state index < -0.39 is 0 Å². The molecule has 7 nitrogen and oxygen atoms in total. The maximum absolute atomic E-state index is 6.05. The number of rotatable bonds is 7. The molecular weight excluding hydrogens is 364 g/mol. The number of ether oxygens (including phenoxy) is 1. The SMILES string of the molecule is CC(C)c1cnn2c(N[C@@H](C)c3ccccc3)nc(OCC3CCNCC3)nc12. The molecule has 0 saturated carbocycles. The van der Waals surface area contributed by atoms with Gasteiger partial charge < -0.3 is 15.4 Å². The van der Waals surface area contributed by atoms with Crippen LogP contribution in [-0.4, -0.2) is 39.3 Å². The van der Waals surface area contributed by atoms with Crippen LogP contribution in [0.4, 0.5) is 5.95 Å². The van der Waals surface area contributed by atoms with Crippen LogP contribution in [0.5, 0.6) is 6.01 Å². The Balaban J connectivity index is 1.62. The number of nitrogens with one attached hydrogen (secondary N) is 2. The van der Waals surface area contributed by atoms with E-state index in [1.54, 1.807) is 4.52 Å². The molecule has 3 heterocycles. The molecule has 154 valence electrons. The van der Waals surface area contributed by atoms with Gasteiger partial charge in [-0.1, -0.05) is 44.2 Å². The highest BCUT2D eigenvalue weighted by Gasteiger charge is 2.19. The molecule has 2 aromatic heterocycles. The van der Waals surface area contributed by atoms with Gasteiger partial charge in [0.2, 0.25) is 5.95 Å². The van der Waals surface area contributed by atoms with E-state index in [0.717, 1.165) is 37.1 Å². The summed E-state index contributed by atoms with van der Waals surface area (Å²) in [6.45, 7) is 9.16. The molecule has 1 aliphatic rings. The van der Waals surface area contributed by atoms with Crippen molar-refractivity contribution in [3.8, 4) is 6.01 Å². The number of fused-ring (bicyclic) bond motifs is 1. The summed E-state index contributed by atoms with van der Waals surface area (Å²) in [4.78, 5) is 9.36. The van der Waals surface area contributed by atoms with Crippen molar-refractivity contribution in [3.63, 3.8) is 0 Å². The van der Waals surface area contributed by atoms with E-state index in [1.807, 2.05) is 24.4 Å². The molecule has 1 aromatic carbocycles. The van der Waals surface area contributed by atoms with Crippen LogP contribution >= 0.6 is 0 Å². The third-order valence-electron chi connectivity index (χ3n) is 5.55. The molecule has 0 unspecified atom stereocenters. The van der Waals surface area contributed by atoms with Crippen LogP contribution in [-0.2, 0) is 0 Å². The van der Waals surface area contributed by atoms with Crippen LogP contribution < -0.4 is 15.4 Å². The number of anilines is 1. The van der Waals surface area contributed by atoms with Crippen molar-refractivity contribution in [1.82, 2.24) is 24.9 Å². The number of hydrogen-bond donors (Lipinski definition) is 2. The smallest absolute Gasteiger partial charge is 0.321 e. The van der Waals surface area contributed by atoms with Gasteiger partial charge in [-0.2, -0.15) is 19.6 Å². The maximum atomic E-state index is 6.05. The molecule has 2 N–H and O–H groups in total. The minimum absolute atomic E-state index is 0.0817. The topological polar surface area (TPSA) is 76.4 Å². The van der Waals surface area contributed by atoms with Crippen molar-refractivity contribution in [2.24, 2.45) is 5.92 Å². The van der Waals surface area contributed by atoms with E-state index in [2.05, 4.69) is 53.6 Å². The summed E-state index contributed by atoms with van der Waals surface area (Å²) >= 11 is 0. The Bertz CT molecular complexity index is 933. The fourth-order valence-corrected chi connectivity index (χ4v) is 3.70. The number of benzene rings is 1. The van der Waals surface area contributed by atoms with E-state index in [4.69, 9.17) is 9.72 Å². The molecule has 1 saturated heterocycles. The van der Waals surface area contributed by atoms with Crippen LogP contribution in [0.25, 0.3) is 5.65 Å². The summed E-state index contributed by atoms with van der Waals surface area (Å²) in [7, 11) is 0. The first kappa shape index (κ1) is 19.6. The summed E-state index contributed by atoms with van der Waals surface area (Å²) in [6.07, 6.45) is 4.13. The lowest BCUT2D eigenvalue weighted by molar-refractivity contribution is 0.202. The van der Waals surface area contributed by atoms with Crippen molar-refractivity contribution in [1.29, 1.82) is 0 Å². The predicted octanol–water partition coefficient (Wildman–Crippen LogP) is 3.80. The molecule has 1 atom stereocenters. The summed E-state index contributed by atoms with van der Waals surface area (Å²) in [5.74, 6) is 1.52. The first-order valence-corrected chi connectivity index (χ1v) is 10.5. The van der Waals surface area contributed by atoms with Gasteiger partial charge in [0.05, 0.1) is 18.8 Å². The first-order valence-electron chi connectivity index (χ1n) is 10.5. The summed E-state index contributed by atoms with van der Waals surface area (Å²) < 4.78 is 7.84. The predicted molar refractivity (Wildman–Crippen MR) is 114 cm³/mol. The highest BCUT2D eigenvalue weighted by molar-refractivity contribution is 5.53. The molecule has 29 heavy (non-hydrogen) atoms. The average Bonchev–Trinajstić information content (AvgIpc) is 3.18. The second-order valence-corrected chi connectivity index (χ2v) is 8.10. The van der Waals surface area contributed by atoms with Gasteiger partial charge in [0, 0.05) is 5.56 Å². The van der Waals surface area contributed by atoms with Crippen LogP contribution in [0.3, 0.4) is 0 Å². The molecule has 4 rings (SSSR count). The molecule has 0 amide bonds. The number of hydrogen-bond acceptors (Lipinski definition) is 6. The Labute approximate surface area is 171 Å². The molecule has 7 heteroatoms. The van der Waals surface area contributed by atoms with E-state index in [-0.39, 0.29) is 6.04 Å². The molecule has 3 aromatic rings. The Morgan fingerprint density at radius 3 is 2.62 bits per heavy atom. The number of nitrogens with zero attached hydrogens (tertiary/aromatic N) is 4. The average molecular weight is 395 g/mol. The Morgan fingerprint density at radius 1 is 1.14 bits per heavy atom. The summed E-state index contributed by atoms with van der Waals surface area (Å²) in [5, 5.41) is 11.4. The molecular formula is C22H30N6O. The lowest BCUT2D eigenvalue weighted by Gasteiger charge is -2.22. The fraction of sp³-hybridized carbons (Fsp3) is 0.500. The second kappa shape index (κ2) is 8.78. The third kappa shape index (κ3) is 4.50. The molecule has 0 bridgehead atoms. The quantitative estimate of drug-likeness (QED) is 0.635. The molecule has 1 aliphatic heterocycles. The summed E-state index contributed by atoms with van der Waals surface area (Å²) in [5.41, 5.74) is 3.08.